The monoisotopic (exact) mass is 375 g/mol. The Kier molecular flexibility index (Phi) is 5.30. The van der Waals surface area contributed by atoms with Crippen molar-refractivity contribution in [3.63, 3.8) is 0 Å². The second-order valence-electron chi connectivity index (χ2n) is 3.98. The van der Waals surface area contributed by atoms with Crippen LogP contribution in [-0.4, -0.2) is 11.7 Å². The Morgan fingerprint density at radius 2 is 1.95 bits per heavy atom. The van der Waals surface area contributed by atoms with Crippen molar-refractivity contribution in [1.29, 1.82) is 0 Å². The summed E-state index contributed by atoms with van der Waals surface area (Å²) in [7, 11) is 0. The lowest BCUT2D eigenvalue weighted by Crippen LogP contribution is -2.13. The lowest BCUT2D eigenvalue weighted by Gasteiger charge is -2.08. The van der Waals surface area contributed by atoms with E-state index < -0.39 is 17.5 Å². The Bertz CT molecular complexity index is 666. The van der Waals surface area contributed by atoms with Crippen molar-refractivity contribution < 1.29 is 18.0 Å². The molecular formula is C14H9BrF3NOS. The Balaban J connectivity index is 2.15. The van der Waals surface area contributed by atoms with Gasteiger partial charge in [0, 0.05) is 15.1 Å². The Hall–Kier alpha value is -1.47. The van der Waals surface area contributed by atoms with Crippen LogP contribution in [0.25, 0.3) is 0 Å². The summed E-state index contributed by atoms with van der Waals surface area (Å²) >= 11 is 3.47. The van der Waals surface area contributed by atoms with Gasteiger partial charge in [-0.1, -0.05) is 33.8 Å². The van der Waals surface area contributed by atoms with Gasteiger partial charge in [0.15, 0.2) is 0 Å². The topological polar surface area (TPSA) is 29.1 Å². The number of halogens is 4. The van der Waals surface area contributed by atoms with E-state index in [1.54, 1.807) is 12.1 Å². The minimum atomic E-state index is -2.54. The molecule has 21 heavy (non-hydrogen) atoms. The average molecular weight is 376 g/mol. The highest BCUT2D eigenvalue weighted by atomic mass is 79.9. The van der Waals surface area contributed by atoms with Crippen LogP contribution in [0.3, 0.4) is 0 Å². The first-order valence-corrected chi connectivity index (χ1v) is 7.44. The summed E-state index contributed by atoms with van der Waals surface area (Å²) in [5.74, 6) is -3.85. The number of alkyl halides is 2. The number of thioether (sulfide) groups is 1. The van der Waals surface area contributed by atoms with Gasteiger partial charge in [-0.15, -0.1) is 0 Å². The third-order valence-electron chi connectivity index (χ3n) is 2.49. The van der Waals surface area contributed by atoms with E-state index in [9.17, 15) is 18.0 Å². The molecule has 2 rings (SSSR count). The average Bonchev–Trinajstić information content (AvgIpc) is 2.37. The van der Waals surface area contributed by atoms with E-state index in [2.05, 4.69) is 21.2 Å². The van der Waals surface area contributed by atoms with Crippen LogP contribution < -0.4 is 5.32 Å². The fraction of sp³-hybridized carbons (Fsp3) is 0.0714. The van der Waals surface area contributed by atoms with Gasteiger partial charge in [0.2, 0.25) is 0 Å². The van der Waals surface area contributed by atoms with Crippen LogP contribution in [0.15, 0.2) is 51.8 Å². The van der Waals surface area contributed by atoms with Gasteiger partial charge in [-0.3, -0.25) is 4.79 Å². The van der Waals surface area contributed by atoms with Gasteiger partial charge in [0.05, 0.1) is 5.56 Å². The van der Waals surface area contributed by atoms with Gasteiger partial charge in [0.25, 0.3) is 11.7 Å². The maximum absolute atomic E-state index is 13.7. The van der Waals surface area contributed by atoms with E-state index in [-0.39, 0.29) is 5.56 Å². The highest BCUT2D eigenvalue weighted by Gasteiger charge is 2.13. The fourth-order valence-electron chi connectivity index (χ4n) is 1.62. The standard InChI is InChI=1S/C14H9BrF3NOS/c15-8-4-5-11(12(16)6-8)13(20)19-9-2-1-3-10(7-9)21-14(17)18/h1-7,14H,(H,19,20). The molecule has 0 unspecified atom stereocenters. The third-order valence-corrected chi connectivity index (χ3v) is 3.69. The van der Waals surface area contributed by atoms with Crippen LogP contribution in [0.1, 0.15) is 10.4 Å². The van der Waals surface area contributed by atoms with E-state index in [0.29, 0.717) is 26.8 Å². The number of hydrogen-bond donors (Lipinski definition) is 1. The summed E-state index contributed by atoms with van der Waals surface area (Å²) in [6.07, 6.45) is 0. The molecule has 0 fully saturated rings. The van der Waals surface area contributed by atoms with Crippen molar-refractivity contribution in [3.05, 3.63) is 58.3 Å². The van der Waals surface area contributed by atoms with E-state index in [4.69, 9.17) is 0 Å². The summed E-state index contributed by atoms with van der Waals surface area (Å²) < 4.78 is 38.8. The largest absolute Gasteiger partial charge is 0.322 e. The quantitative estimate of drug-likeness (QED) is 0.748. The first kappa shape index (κ1) is 15.9. The predicted octanol–water partition coefficient (Wildman–Crippen LogP) is 5.16. The Morgan fingerprint density at radius 3 is 2.62 bits per heavy atom. The zero-order valence-corrected chi connectivity index (χ0v) is 12.8. The molecule has 0 aliphatic heterocycles. The van der Waals surface area contributed by atoms with Crippen LogP contribution in [0, 0.1) is 5.82 Å². The number of hydrogen-bond acceptors (Lipinski definition) is 2. The van der Waals surface area contributed by atoms with Crippen LogP contribution in [-0.2, 0) is 0 Å². The number of rotatable bonds is 4. The molecule has 1 amide bonds. The maximum atomic E-state index is 13.7. The highest BCUT2D eigenvalue weighted by molar-refractivity contribution is 9.10. The van der Waals surface area contributed by atoms with Gasteiger partial charge in [-0.05, 0) is 36.4 Å². The highest BCUT2D eigenvalue weighted by Crippen LogP contribution is 2.27. The molecular weight excluding hydrogens is 367 g/mol. The van der Waals surface area contributed by atoms with E-state index in [0.717, 1.165) is 0 Å². The smallest absolute Gasteiger partial charge is 0.288 e. The molecule has 0 spiro atoms. The second-order valence-corrected chi connectivity index (χ2v) is 5.96. The summed E-state index contributed by atoms with van der Waals surface area (Å²) in [6.45, 7) is 0. The number of anilines is 1. The molecule has 110 valence electrons. The molecule has 0 aliphatic carbocycles. The van der Waals surface area contributed by atoms with Crippen molar-refractivity contribution in [2.45, 2.75) is 10.7 Å². The van der Waals surface area contributed by atoms with E-state index in [1.165, 1.54) is 30.3 Å². The first-order chi connectivity index (χ1) is 9.95. The van der Waals surface area contributed by atoms with Gasteiger partial charge in [-0.25, -0.2) is 4.39 Å². The molecule has 7 heteroatoms. The van der Waals surface area contributed by atoms with Gasteiger partial charge in [0.1, 0.15) is 5.82 Å². The van der Waals surface area contributed by atoms with Gasteiger partial charge in [-0.2, -0.15) is 8.78 Å². The first-order valence-electron chi connectivity index (χ1n) is 5.77. The fourth-order valence-corrected chi connectivity index (χ4v) is 2.51. The molecule has 2 aromatic carbocycles. The zero-order chi connectivity index (χ0) is 15.4. The van der Waals surface area contributed by atoms with Crippen LogP contribution in [0.5, 0.6) is 0 Å². The number of carbonyl (C=O) groups is 1. The molecule has 0 heterocycles. The normalized spacial score (nSPS) is 10.7. The Labute approximate surface area is 131 Å². The Morgan fingerprint density at radius 1 is 1.19 bits per heavy atom. The van der Waals surface area contributed by atoms with E-state index in [1.807, 2.05) is 0 Å². The minimum Gasteiger partial charge on any atom is -0.322 e. The van der Waals surface area contributed by atoms with Crippen molar-refractivity contribution in [1.82, 2.24) is 0 Å². The van der Waals surface area contributed by atoms with Crippen molar-refractivity contribution >= 4 is 39.3 Å². The molecule has 2 nitrogen and oxygen atoms in total. The number of benzene rings is 2. The molecule has 0 saturated heterocycles. The van der Waals surface area contributed by atoms with Crippen LogP contribution >= 0.6 is 27.7 Å². The lowest BCUT2D eigenvalue weighted by atomic mass is 10.2. The van der Waals surface area contributed by atoms with Gasteiger partial charge >= 0.3 is 0 Å². The molecule has 1 N–H and O–H groups in total. The molecule has 0 aromatic heterocycles. The minimum absolute atomic E-state index is 0.120. The lowest BCUT2D eigenvalue weighted by molar-refractivity contribution is 0.102. The summed E-state index contributed by atoms with van der Waals surface area (Å²) in [5.41, 5.74) is 0.207. The molecule has 2 aromatic rings. The summed E-state index contributed by atoms with van der Waals surface area (Å²) in [4.78, 5) is 12.3. The number of nitrogens with one attached hydrogen (secondary N) is 1. The zero-order valence-electron chi connectivity index (χ0n) is 10.4. The van der Waals surface area contributed by atoms with Crippen LogP contribution in [0.2, 0.25) is 0 Å². The molecule has 0 atom stereocenters. The van der Waals surface area contributed by atoms with Crippen molar-refractivity contribution in [2.75, 3.05) is 5.32 Å². The molecule has 0 aliphatic rings. The van der Waals surface area contributed by atoms with Gasteiger partial charge < -0.3 is 5.32 Å². The predicted molar refractivity (Wildman–Crippen MR) is 80.4 cm³/mol. The number of carbonyl (C=O) groups excluding carboxylic acids is 1. The second kappa shape index (κ2) is 7.00. The molecule has 0 radical (unpaired) electrons. The van der Waals surface area contributed by atoms with Crippen molar-refractivity contribution in [2.24, 2.45) is 0 Å². The maximum Gasteiger partial charge on any atom is 0.288 e. The van der Waals surface area contributed by atoms with E-state index >= 15 is 0 Å². The molecule has 0 saturated carbocycles. The van der Waals surface area contributed by atoms with Crippen LogP contribution in [0.4, 0.5) is 18.9 Å². The number of amides is 1. The summed E-state index contributed by atoms with van der Waals surface area (Å²) in [6, 6.07) is 10.1. The third kappa shape index (κ3) is 4.50. The molecule has 0 bridgehead atoms. The SMILES string of the molecule is O=C(Nc1cccc(SC(F)F)c1)c1ccc(Br)cc1F. The summed E-state index contributed by atoms with van der Waals surface area (Å²) in [5, 5.41) is 2.48. The van der Waals surface area contributed by atoms with Crippen molar-refractivity contribution in [3.8, 4) is 0 Å².